The molecule has 3 N–H and O–H groups in total. The van der Waals surface area contributed by atoms with Crippen LogP contribution in [0.15, 0.2) is 36.5 Å². The highest BCUT2D eigenvalue weighted by molar-refractivity contribution is 7.15. The van der Waals surface area contributed by atoms with Gasteiger partial charge in [-0.2, -0.15) is 0 Å². The maximum Gasteiger partial charge on any atom is 0.124 e. The minimum absolute atomic E-state index is 0.375. The van der Waals surface area contributed by atoms with E-state index in [0.717, 1.165) is 5.56 Å². The van der Waals surface area contributed by atoms with E-state index in [0.29, 0.717) is 15.8 Å². The molecule has 0 aliphatic rings. The topological polar surface area (TPSA) is 59.1 Å². The maximum atomic E-state index is 10.0. The Morgan fingerprint density at radius 3 is 2.65 bits per heavy atom. The van der Waals surface area contributed by atoms with Crippen molar-refractivity contribution < 1.29 is 5.11 Å². The van der Waals surface area contributed by atoms with Crippen LogP contribution in [0, 0.1) is 0 Å². The molecule has 2 unspecified atom stereocenters. The summed E-state index contributed by atoms with van der Waals surface area (Å²) >= 11 is 7.03. The lowest BCUT2D eigenvalue weighted by Crippen LogP contribution is -2.30. The number of aromatic nitrogens is 1. The fourth-order valence-electron chi connectivity index (χ4n) is 1.58. The number of nitrogens with zero attached hydrogens (tertiary/aromatic N) is 1. The van der Waals surface area contributed by atoms with E-state index in [4.69, 9.17) is 17.3 Å². The van der Waals surface area contributed by atoms with E-state index < -0.39 is 6.10 Å². The van der Waals surface area contributed by atoms with Gasteiger partial charge in [-0.05, 0) is 12.0 Å². The second kappa shape index (κ2) is 5.60. The van der Waals surface area contributed by atoms with Gasteiger partial charge in [0, 0.05) is 6.04 Å². The zero-order valence-electron chi connectivity index (χ0n) is 9.08. The van der Waals surface area contributed by atoms with Gasteiger partial charge in [0.05, 0.1) is 6.20 Å². The van der Waals surface area contributed by atoms with E-state index in [1.165, 1.54) is 17.5 Å². The van der Waals surface area contributed by atoms with Crippen molar-refractivity contribution in [1.29, 1.82) is 0 Å². The fourth-order valence-corrected chi connectivity index (χ4v) is 2.58. The maximum absolute atomic E-state index is 10.0. The van der Waals surface area contributed by atoms with Gasteiger partial charge in [-0.15, -0.1) is 11.3 Å². The van der Waals surface area contributed by atoms with Crippen molar-refractivity contribution >= 4 is 22.9 Å². The molecule has 2 atom stereocenters. The summed E-state index contributed by atoms with van der Waals surface area (Å²) in [6.45, 7) is 0. The van der Waals surface area contributed by atoms with Gasteiger partial charge < -0.3 is 10.8 Å². The number of hydrogen-bond donors (Lipinski definition) is 2. The van der Waals surface area contributed by atoms with Gasteiger partial charge in [-0.3, -0.25) is 0 Å². The third-order valence-electron chi connectivity index (χ3n) is 2.47. The zero-order valence-corrected chi connectivity index (χ0v) is 10.7. The van der Waals surface area contributed by atoms with E-state index >= 15 is 0 Å². The first-order chi connectivity index (χ1) is 8.16. The van der Waals surface area contributed by atoms with Gasteiger partial charge in [0.2, 0.25) is 0 Å². The van der Waals surface area contributed by atoms with Gasteiger partial charge in [0.15, 0.2) is 0 Å². The summed E-state index contributed by atoms with van der Waals surface area (Å²) < 4.78 is 0.561. The van der Waals surface area contributed by atoms with Crippen LogP contribution in [0.2, 0.25) is 4.34 Å². The van der Waals surface area contributed by atoms with Crippen molar-refractivity contribution in [3.8, 4) is 0 Å². The Morgan fingerprint density at radius 2 is 2.06 bits per heavy atom. The smallest absolute Gasteiger partial charge is 0.124 e. The van der Waals surface area contributed by atoms with Gasteiger partial charge in [0.25, 0.3) is 0 Å². The van der Waals surface area contributed by atoms with Crippen LogP contribution in [0.1, 0.15) is 16.7 Å². The van der Waals surface area contributed by atoms with Crippen LogP contribution in [0.25, 0.3) is 0 Å². The molecule has 0 aliphatic carbocycles. The minimum atomic E-state index is -0.771. The van der Waals surface area contributed by atoms with E-state index in [-0.39, 0.29) is 6.04 Å². The first-order valence-electron chi connectivity index (χ1n) is 5.25. The molecule has 3 nitrogen and oxygen atoms in total. The van der Waals surface area contributed by atoms with Gasteiger partial charge in [-0.25, -0.2) is 4.98 Å². The summed E-state index contributed by atoms with van der Waals surface area (Å²) in [4.78, 5) is 4.03. The summed E-state index contributed by atoms with van der Waals surface area (Å²) in [6.07, 6.45) is 1.37. The average Bonchev–Trinajstić information content (AvgIpc) is 2.76. The first kappa shape index (κ1) is 12.5. The third kappa shape index (κ3) is 3.26. The number of rotatable bonds is 4. The zero-order chi connectivity index (χ0) is 12.3. The largest absolute Gasteiger partial charge is 0.384 e. The predicted molar refractivity (Wildman–Crippen MR) is 70.2 cm³/mol. The Hall–Kier alpha value is -0.940. The van der Waals surface area contributed by atoms with Gasteiger partial charge in [-0.1, -0.05) is 41.9 Å². The standard InChI is InChI=1S/C12H13ClN2OS/c13-10-7-15-12(17-10)11(16)9(14)6-8-4-2-1-3-5-8/h1-5,7,9,11,16H,6,14H2. The quantitative estimate of drug-likeness (QED) is 0.895. The average molecular weight is 269 g/mol. The number of aliphatic hydroxyl groups is 1. The Labute approximate surface area is 109 Å². The molecule has 0 saturated heterocycles. The molecule has 2 aromatic rings. The number of nitrogens with two attached hydrogens (primary N) is 1. The lowest BCUT2D eigenvalue weighted by atomic mass is 10.0. The summed E-state index contributed by atoms with van der Waals surface area (Å²) in [5.41, 5.74) is 7.06. The van der Waals surface area contributed by atoms with Gasteiger partial charge >= 0.3 is 0 Å². The summed E-state index contributed by atoms with van der Waals surface area (Å²) in [5.74, 6) is 0. The van der Waals surface area contributed by atoms with Crippen LogP contribution < -0.4 is 5.73 Å². The molecular formula is C12H13ClN2OS. The number of benzene rings is 1. The molecule has 1 aromatic heterocycles. The van der Waals surface area contributed by atoms with E-state index in [2.05, 4.69) is 4.98 Å². The third-order valence-corrected chi connectivity index (χ3v) is 3.65. The van der Waals surface area contributed by atoms with Crippen LogP contribution in [0.5, 0.6) is 0 Å². The van der Waals surface area contributed by atoms with Crippen molar-refractivity contribution in [1.82, 2.24) is 4.98 Å². The molecule has 0 radical (unpaired) electrons. The van der Waals surface area contributed by atoms with Crippen molar-refractivity contribution in [2.75, 3.05) is 0 Å². The lowest BCUT2D eigenvalue weighted by molar-refractivity contribution is 0.145. The van der Waals surface area contributed by atoms with Crippen LogP contribution >= 0.6 is 22.9 Å². The summed E-state index contributed by atoms with van der Waals surface area (Å²) in [6, 6.07) is 9.46. The molecule has 2 rings (SSSR count). The molecule has 5 heteroatoms. The molecule has 90 valence electrons. The Bertz CT molecular complexity index is 474. The predicted octanol–water partition coefficient (Wildman–Crippen LogP) is 2.40. The Balaban J connectivity index is 2.03. The van der Waals surface area contributed by atoms with Crippen LogP contribution in [-0.2, 0) is 6.42 Å². The monoisotopic (exact) mass is 268 g/mol. The summed E-state index contributed by atoms with van der Waals surface area (Å²) in [5, 5.41) is 10.6. The van der Waals surface area contributed by atoms with Crippen molar-refractivity contribution in [3.05, 3.63) is 51.4 Å². The van der Waals surface area contributed by atoms with Crippen molar-refractivity contribution in [3.63, 3.8) is 0 Å². The Kier molecular flexibility index (Phi) is 4.12. The van der Waals surface area contributed by atoms with Crippen LogP contribution in [0.4, 0.5) is 0 Å². The van der Waals surface area contributed by atoms with E-state index in [1.807, 2.05) is 30.3 Å². The van der Waals surface area contributed by atoms with Crippen LogP contribution in [0.3, 0.4) is 0 Å². The SMILES string of the molecule is NC(Cc1ccccc1)C(O)c1ncc(Cl)s1. The highest BCUT2D eigenvalue weighted by atomic mass is 35.5. The lowest BCUT2D eigenvalue weighted by Gasteiger charge is -2.16. The highest BCUT2D eigenvalue weighted by Crippen LogP contribution is 2.26. The number of halogens is 1. The van der Waals surface area contributed by atoms with Crippen LogP contribution in [-0.4, -0.2) is 16.1 Å². The molecule has 0 aliphatic heterocycles. The van der Waals surface area contributed by atoms with E-state index in [1.54, 1.807) is 0 Å². The number of aliphatic hydroxyl groups excluding tert-OH is 1. The molecule has 1 aromatic carbocycles. The second-order valence-corrected chi connectivity index (χ2v) is 5.49. The molecule has 0 fully saturated rings. The van der Waals surface area contributed by atoms with Crippen molar-refractivity contribution in [2.45, 2.75) is 18.6 Å². The molecule has 0 spiro atoms. The highest BCUT2D eigenvalue weighted by Gasteiger charge is 2.20. The molecule has 1 heterocycles. The molecule has 0 bridgehead atoms. The second-order valence-electron chi connectivity index (χ2n) is 3.80. The molecule has 17 heavy (non-hydrogen) atoms. The first-order valence-corrected chi connectivity index (χ1v) is 6.45. The number of thiazole rings is 1. The Morgan fingerprint density at radius 1 is 1.35 bits per heavy atom. The molecular weight excluding hydrogens is 256 g/mol. The fraction of sp³-hybridized carbons (Fsp3) is 0.250. The number of hydrogen-bond acceptors (Lipinski definition) is 4. The molecule has 0 amide bonds. The molecule has 0 saturated carbocycles. The van der Waals surface area contributed by atoms with Gasteiger partial charge in [0.1, 0.15) is 15.4 Å². The van der Waals surface area contributed by atoms with Crippen molar-refractivity contribution in [2.24, 2.45) is 5.73 Å². The summed E-state index contributed by atoms with van der Waals surface area (Å²) in [7, 11) is 0. The van der Waals surface area contributed by atoms with E-state index in [9.17, 15) is 5.11 Å². The minimum Gasteiger partial charge on any atom is -0.384 e. The normalized spacial score (nSPS) is 14.5.